The Morgan fingerprint density at radius 3 is 1.12 bits per heavy atom. The summed E-state index contributed by atoms with van der Waals surface area (Å²) in [5.74, 6) is 0.958. The van der Waals surface area contributed by atoms with E-state index in [4.69, 9.17) is 4.74 Å². The van der Waals surface area contributed by atoms with Gasteiger partial charge in [0.15, 0.2) is 0 Å². The van der Waals surface area contributed by atoms with Gasteiger partial charge in [0.2, 0.25) is 0 Å². The van der Waals surface area contributed by atoms with Crippen LogP contribution in [-0.2, 0) is 9.53 Å². The number of hydrogen-bond acceptors (Lipinski definition) is 2. The van der Waals surface area contributed by atoms with Crippen molar-refractivity contribution in [1.82, 2.24) is 0 Å². The first-order valence-electron chi connectivity index (χ1n) is 19.4. The van der Waals surface area contributed by atoms with Gasteiger partial charge in [-0.1, -0.05) is 213 Å². The van der Waals surface area contributed by atoms with E-state index in [-0.39, 0.29) is 5.97 Å². The maximum Gasteiger partial charge on any atom is 0.305 e. The third kappa shape index (κ3) is 35.6. The van der Waals surface area contributed by atoms with Gasteiger partial charge in [-0.2, -0.15) is 0 Å². The van der Waals surface area contributed by atoms with Crippen molar-refractivity contribution in [2.24, 2.45) is 5.92 Å². The van der Waals surface area contributed by atoms with Gasteiger partial charge in [0, 0.05) is 6.42 Å². The van der Waals surface area contributed by atoms with Crippen LogP contribution < -0.4 is 0 Å². The maximum absolute atomic E-state index is 11.9. The van der Waals surface area contributed by atoms with E-state index in [1.165, 1.54) is 193 Å². The molecule has 0 aliphatic carbocycles. The number of hydrogen-bond donors (Lipinski definition) is 0. The molecule has 0 aliphatic rings. The van der Waals surface area contributed by atoms with Crippen molar-refractivity contribution in [3.8, 4) is 0 Å². The SMILES string of the molecule is CCCCCCCCCCCCCCCCCC(=O)OCCCCCCCCCCCCCCCCCC(C)CC. The van der Waals surface area contributed by atoms with Crippen LogP contribution in [0, 0.1) is 5.92 Å². The molecule has 2 nitrogen and oxygen atoms in total. The lowest BCUT2D eigenvalue weighted by Crippen LogP contribution is -2.05. The molecule has 0 fully saturated rings. The Morgan fingerprint density at radius 1 is 0.439 bits per heavy atom. The van der Waals surface area contributed by atoms with E-state index < -0.39 is 0 Å². The summed E-state index contributed by atoms with van der Waals surface area (Å²) in [6.07, 6.45) is 44.5. The fourth-order valence-corrected chi connectivity index (χ4v) is 6.00. The number of carbonyl (C=O) groups is 1. The monoisotopic (exact) mass is 579 g/mol. The molecule has 0 spiro atoms. The third-order valence-corrected chi connectivity index (χ3v) is 9.29. The van der Waals surface area contributed by atoms with E-state index in [9.17, 15) is 4.79 Å². The summed E-state index contributed by atoms with van der Waals surface area (Å²) in [6.45, 7) is 7.63. The average molecular weight is 579 g/mol. The van der Waals surface area contributed by atoms with Gasteiger partial charge in [-0.25, -0.2) is 0 Å². The Hall–Kier alpha value is -0.530. The highest BCUT2D eigenvalue weighted by molar-refractivity contribution is 5.69. The normalized spacial score (nSPS) is 12.2. The Kier molecular flexibility index (Phi) is 35.2. The lowest BCUT2D eigenvalue weighted by atomic mass is 9.99. The second-order valence-electron chi connectivity index (χ2n) is 13.5. The molecule has 246 valence electrons. The van der Waals surface area contributed by atoms with E-state index in [1.807, 2.05) is 0 Å². The Bertz CT molecular complexity index is 488. The molecule has 0 saturated heterocycles. The molecule has 0 aromatic rings. The zero-order chi connectivity index (χ0) is 29.9. The molecule has 0 heterocycles. The summed E-state index contributed by atoms with van der Waals surface area (Å²) in [6, 6.07) is 0. The molecule has 0 amide bonds. The van der Waals surface area contributed by atoms with E-state index in [1.54, 1.807) is 0 Å². The lowest BCUT2D eigenvalue weighted by Gasteiger charge is -2.07. The highest BCUT2D eigenvalue weighted by atomic mass is 16.5. The predicted molar refractivity (Wildman–Crippen MR) is 184 cm³/mol. The first-order chi connectivity index (χ1) is 20.2. The molecule has 41 heavy (non-hydrogen) atoms. The number of rotatable bonds is 35. The van der Waals surface area contributed by atoms with Crippen LogP contribution >= 0.6 is 0 Å². The van der Waals surface area contributed by atoms with Gasteiger partial charge in [0.05, 0.1) is 6.61 Å². The molecular formula is C39H78O2. The Labute approximate surface area is 260 Å². The van der Waals surface area contributed by atoms with Crippen LogP contribution in [-0.4, -0.2) is 12.6 Å². The second-order valence-corrected chi connectivity index (χ2v) is 13.5. The topological polar surface area (TPSA) is 26.3 Å². The quantitative estimate of drug-likeness (QED) is 0.0552. The van der Waals surface area contributed by atoms with Gasteiger partial charge >= 0.3 is 5.97 Å². The van der Waals surface area contributed by atoms with Crippen molar-refractivity contribution < 1.29 is 9.53 Å². The molecule has 1 unspecified atom stereocenters. The van der Waals surface area contributed by atoms with Crippen LogP contribution in [0.3, 0.4) is 0 Å². The molecule has 0 aromatic carbocycles. The summed E-state index contributed by atoms with van der Waals surface area (Å²) in [5.41, 5.74) is 0. The molecular weight excluding hydrogens is 500 g/mol. The van der Waals surface area contributed by atoms with E-state index in [0.717, 1.165) is 18.8 Å². The fraction of sp³-hybridized carbons (Fsp3) is 0.974. The summed E-state index contributed by atoms with van der Waals surface area (Å²) in [4.78, 5) is 11.9. The molecule has 1 atom stereocenters. The lowest BCUT2D eigenvalue weighted by molar-refractivity contribution is -0.143. The van der Waals surface area contributed by atoms with Crippen molar-refractivity contribution in [2.45, 2.75) is 233 Å². The molecule has 0 radical (unpaired) electrons. The fourth-order valence-electron chi connectivity index (χ4n) is 6.00. The maximum atomic E-state index is 11.9. The zero-order valence-electron chi connectivity index (χ0n) is 28.9. The smallest absolute Gasteiger partial charge is 0.305 e. The third-order valence-electron chi connectivity index (χ3n) is 9.29. The summed E-state index contributed by atoms with van der Waals surface area (Å²) < 4.78 is 5.46. The number of ether oxygens (including phenoxy) is 1. The molecule has 0 N–H and O–H groups in total. The van der Waals surface area contributed by atoms with Crippen molar-refractivity contribution in [3.63, 3.8) is 0 Å². The van der Waals surface area contributed by atoms with Gasteiger partial charge in [0.1, 0.15) is 0 Å². The van der Waals surface area contributed by atoms with Crippen molar-refractivity contribution in [3.05, 3.63) is 0 Å². The van der Waals surface area contributed by atoms with Crippen molar-refractivity contribution in [1.29, 1.82) is 0 Å². The highest BCUT2D eigenvalue weighted by Crippen LogP contribution is 2.17. The van der Waals surface area contributed by atoms with Crippen LogP contribution in [0.4, 0.5) is 0 Å². The number of unbranched alkanes of at least 4 members (excludes halogenated alkanes) is 28. The molecule has 0 aromatic heterocycles. The summed E-state index contributed by atoms with van der Waals surface area (Å²) >= 11 is 0. The van der Waals surface area contributed by atoms with E-state index in [0.29, 0.717) is 13.0 Å². The van der Waals surface area contributed by atoms with E-state index >= 15 is 0 Å². The minimum absolute atomic E-state index is 0.0290. The first kappa shape index (κ1) is 40.5. The largest absolute Gasteiger partial charge is 0.466 e. The van der Waals surface area contributed by atoms with Gasteiger partial charge in [0.25, 0.3) is 0 Å². The van der Waals surface area contributed by atoms with Crippen molar-refractivity contribution >= 4 is 5.97 Å². The summed E-state index contributed by atoms with van der Waals surface area (Å²) in [5, 5.41) is 0. The Balaban J connectivity index is 3.15. The second kappa shape index (κ2) is 35.7. The van der Waals surface area contributed by atoms with E-state index in [2.05, 4.69) is 20.8 Å². The average Bonchev–Trinajstić information content (AvgIpc) is 2.98. The highest BCUT2D eigenvalue weighted by Gasteiger charge is 2.03. The minimum Gasteiger partial charge on any atom is -0.466 e. The molecule has 0 aliphatic heterocycles. The molecule has 0 saturated carbocycles. The van der Waals surface area contributed by atoms with Crippen LogP contribution in [0.5, 0.6) is 0 Å². The standard InChI is InChI=1S/C39H78O2/c1-4-6-7-8-9-10-11-12-14-18-21-24-27-30-33-36-39(40)41-37-34-31-28-25-22-19-16-13-15-17-20-23-26-29-32-35-38(3)5-2/h38H,4-37H2,1-3H3. The molecule has 0 bridgehead atoms. The van der Waals surface area contributed by atoms with Gasteiger partial charge < -0.3 is 4.74 Å². The predicted octanol–water partition coefficient (Wildman–Crippen LogP) is 14.1. The van der Waals surface area contributed by atoms with Gasteiger partial charge in [-0.05, 0) is 18.8 Å². The van der Waals surface area contributed by atoms with Crippen LogP contribution in [0.1, 0.15) is 233 Å². The van der Waals surface area contributed by atoms with Crippen LogP contribution in [0.2, 0.25) is 0 Å². The van der Waals surface area contributed by atoms with Crippen LogP contribution in [0.15, 0.2) is 0 Å². The first-order valence-corrected chi connectivity index (χ1v) is 19.4. The number of carbonyl (C=O) groups excluding carboxylic acids is 1. The van der Waals surface area contributed by atoms with Gasteiger partial charge in [-0.15, -0.1) is 0 Å². The summed E-state index contributed by atoms with van der Waals surface area (Å²) in [7, 11) is 0. The van der Waals surface area contributed by atoms with Crippen LogP contribution in [0.25, 0.3) is 0 Å². The van der Waals surface area contributed by atoms with Crippen molar-refractivity contribution in [2.75, 3.05) is 6.61 Å². The van der Waals surface area contributed by atoms with Gasteiger partial charge in [-0.3, -0.25) is 4.79 Å². The number of esters is 1. The molecule has 0 rings (SSSR count). The Morgan fingerprint density at radius 2 is 0.756 bits per heavy atom. The zero-order valence-corrected chi connectivity index (χ0v) is 28.9. The molecule has 2 heteroatoms. The minimum atomic E-state index is 0.0290.